The number of amides is 1. The van der Waals surface area contributed by atoms with Crippen molar-refractivity contribution in [1.29, 1.82) is 0 Å². The fraction of sp³-hybridized carbons (Fsp3) is 0.222. The molecule has 0 saturated heterocycles. The molecule has 1 unspecified atom stereocenters. The van der Waals surface area contributed by atoms with Crippen LogP contribution < -0.4 is 9.64 Å². The molecule has 0 radical (unpaired) electrons. The van der Waals surface area contributed by atoms with Gasteiger partial charge in [-0.05, 0) is 59.7 Å². The Kier molecular flexibility index (Phi) is 6.40. The van der Waals surface area contributed by atoms with Crippen molar-refractivity contribution < 1.29 is 19.4 Å². The number of aliphatic hydroxyl groups is 1. The van der Waals surface area contributed by atoms with Gasteiger partial charge < -0.3 is 9.84 Å². The average Bonchev–Trinajstić information content (AvgIpc) is 3.61. The van der Waals surface area contributed by atoms with Crippen LogP contribution in [0.3, 0.4) is 0 Å². The van der Waals surface area contributed by atoms with Gasteiger partial charge in [0.1, 0.15) is 5.75 Å². The van der Waals surface area contributed by atoms with Crippen LogP contribution in [0.25, 0.3) is 10.2 Å². The molecule has 2 aromatic carbocycles. The number of hydrogen-bond donors (Lipinski definition) is 1. The van der Waals surface area contributed by atoms with Crippen molar-refractivity contribution >= 4 is 49.7 Å². The summed E-state index contributed by atoms with van der Waals surface area (Å²) in [6.07, 6.45) is 1.74. The number of hydrogen-bond acceptors (Lipinski definition) is 7. The third-order valence-corrected chi connectivity index (χ3v) is 7.79. The minimum atomic E-state index is -0.825. The average molecular weight is 505 g/mol. The highest BCUT2D eigenvalue weighted by atomic mass is 32.1. The highest BCUT2D eigenvalue weighted by Gasteiger charge is 2.46. The molecule has 8 heteroatoms. The van der Waals surface area contributed by atoms with E-state index >= 15 is 0 Å². The van der Waals surface area contributed by atoms with Crippen LogP contribution in [0, 0.1) is 0 Å². The number of thiazole rings is 1. The van der Waals surface area contributed by atoms with Crippen LogP contribution >= 0.6 is 22.7 Å². The van der Waals surface area contributed by atoms with Crippen molar-refractivity contribution in [2.45, 2.75) is 32.7 Å². The predicted molar refractivity (Wildman–Crippen MR) is 140 cm³/mol. The van der Waals surface area contributed by atoms with Crippen LogP contribution in [0.5, 0.6) is 5.75 Å². The summed E-state index contributed by atoms with van der Waals surface area (Å²) in [7, 11) is 0. The molecule has 178 valence electrons. The number of ether oxygens (including phenoxy) is 1. The van der Waals surface area contributed by atoms with Crippen LogP contribution in [0.15, 0.2) is 71.3 Å². The maximum atomic E-state index is 13.5. The Labute approximate surface area is 211 Å². The normalized spacial score (nSPS) is 15.9. The fourth-order valence-corrected chi connectivity index (χ4v) is 5.90. The van der Waals surface area contributed by atoms with Crippen molar-refractivity contribution in [3.05, 3.63) is 87.3 Å². The molecule has 4 aromatic rings. The number of thiophene rings is 1. The lowest BCUT2D eigenvalue weighted by Crippen LogP contribution is -2.30. The van der Waals surface area contributed by atoms with Gasteiger partial charge in [-0.3, -0.25) is 14.5 Å². The van der Waals surface area contributed by atoms with E-state index in [1.165, 1.54) is 33.1 Å². The van der Waals surface area contributed by atoms with Gasteiger partial charge in [0.2, 0.25) is 5.78 Å². The molecule has 0 saturated carbocycles. The number of aromatic nitrogens is 1. The number of aliphatic hydroxyl groups excluding tert-OH is 1. The number of ketones is 1. The molecule has 1 aliphatic heterocycles. The lowest BCUT2D eigenvalue weighted by molar-refractivity contribution is -0.117. The van der Waals surface area contributed by atoms with E-state index in [9.17, 15) is 14.7 Å². The summed E-state index contributed by atoms with van der Waals surface area (Å²) >= 11 is 2.65. The van der Waals surface area contributed by atoms with E-state index in [1.54, 1.807) is 17.5 Å². The number of carbonyl (C=O) groups excluding carboxylic acids is 2. The minimum absolute atomic E-state index is 0.0543. The van der Waals surface area contributed by atoms with E-state index in [1.807, 2.05) is 43.3 Å². The zero-order chi connectivity index (χ0) is 24.5. The van der Waals surface area contributed by atoms with Crippen molar-refractivity contribution in [3.8, 4) is 5.75 Å². The molecule has 1 aliphatic rings. The maximum absolute atomic E-state index is 13.5. The van der Waals surface area contributed by atoms with Crippen LogP contribution in [-0.2, 0) is 11.2 Å². The first-order chi connectivity index (χ1) is 17.0. The Bertz CT molecular complexity index is 1440. The summed E-state index contributed by atoms with van der Waals surface area (Å²) in [4.78, 5) is 33.5. The Morgan fingerprint density at radius 2 is 2.00 bits per heavy atom. The van der Waals surface area contributed by atoms with Gasteiger partial charge in [0, 0.05) is 0 Å². The highest BCUT2D eigenvalue weighted by molar-refractivity contribution is 7.22. The minimum Gasteiger partial charge on any atom is -0.503 e. The second-order valence-electron chi connectivity index (χ2n) is 8.22. The molecule has 5 rings (SSSR count). The molecule has 0 fully saturated rings. The topological polar surface area (TPSA) is 79.7 Å². The van der Waals surface area contributed by atoms with Crippen LogP contribution in [0.1, 0.15) is 47.1 Å². The van der Waals surface area contributed by atoms with E-state index in [0.29, 0.717) is 27.9 Å². The van der Waals surface area contributed by atoms with Gasteiger partial charge >= 0.3 is 0 Å². The van der Waals surface area contributed by atoms with E-state index < -0.39 is 17.7 Å². The van der Waals surface area contributed by atoms with Gasteiger partial charge in [-0.15, -0.1) is 11.3 Å². The molecule has 2 aromatic heterocycles. The van der Waals surface area contributed by atoms with Crippen molar-refractivity contribution in [2.75, 3.05) is 11.5 Å². The fourth-order valence-electron chi connectivity index (χ4n) is 4.16. The lowest BCUT2D eigenvalue weighted by atomic mass is 9.95. The smallest absolute Gasteiger partial charge is 0.296 e. The SMILES string of the molecule is CCCOc1cccc(C2C(C(=O)c3cccs3)=C(O)C(=O)N2c2nc3ccc(CC)cc3s2)c1. The standard InChI is InChI=1S/C27H24N2O4S2/c1-3-12-33-18-8-5-7-17(15-18)23-22(24(30)20-9-6-13-34-20)25(31)26(32)29(23)27-28-19-11-10-16(4-2)14-21(19)35-27/h5-11,13-15,23,31H,3-4,12H2,1-2H3. The molecule has 1 N–H and O–H groups in total. The summed E-state index contributed by atoms with van der Waals surface area (Å²) in [6.45, 7) is 4.66. The molecular weight excluding hydrogens is 480 g/mol. The molecule has 0 spiro atoms. The first-order valence-electron chi connectivity index (χ1n) is 11.5. The molecule has 3 heterocycles. The zero-order valence-corrected chi connectivity index (χ0v) is 21.0. The number of carbonyl (C=O) groups is 2. The molecule has 1 amide bonds. The van der Waals surface area contributed by atoms with E-state index in [0.717, 1.165) is 23.1 Å². The van der Waals surface area contributed by atoms with Crippen LogP contribution in [-0.4, -0.2) is 28.4 Å². The molecular formula is C27H24N2O4S2. The lowest BCUT2D eigenvalue weighted by Gasteiger charge is -2.24. The van der Waals surface area contributed by atoms with Crippen LogP contribution in [0.4, 0.5) is 5.13 Å². The first kappa shape index (κ1) is 23.3. The van der Waals surface area contributed by atoms with Crippen LogP contribution in [0.2, 0.25) is 0 Å². The maximum Gasteiger partial charge on any atom is 0.296 e. The number of nitrogens with zero attached hydrogens (tertiary/aromatic N) is 2. The molecule has 35 heavy (non-hydrogen) atoms. The van der Waals surface area contributed by atoms with Gasteiger partial charge in [0.05, 0.1) is 33.3 Å². The van der Waals surface area contributed by atoms with Gasteiger partial charge in [0.25, 0.3) is 5.91 Å². The zero-order valence-electron chi connectivity index (χ0n) is 19.4. The molecule has 0 bridgehead atoms. The molecule has 0 aliphatic carbocycles. The molecule has 1 atom stereocenters. The number of Topliss-reactive ketones (excluding diaryl/α,β-unsaturated/α-hetero) is 1. The van der Waals surface area contributed by atoms with Gasteiger partial charge in [-0.2, -0.15) is 0 Å². The van der Waals surface area contributed by atoms with Gasteiger partial charge in [0.15, 0.2) is 10.9 Å². The Balaban J connectivity index is 1.65. The third-order valence-electron chi connectivity index (χ3n) is 5.90. The number of rotatable bonds is 8. The summed E-state index contributed by atoms with van der Waals surface area (Å²) in [5.74, 6) is -0.901. The van der Waals surface area contributed by atoms with Crippen molar-refractivity contribution in [3.63, 3.8) is 0 Å². The first-order valence-corrected chi connectivity index (χ1v) is 13.2. The van der Waals surface area contributed by atoms with Crippen molar-refractivity contribution in [2.24, 2.45) is 0 Å². The number of anilines is 1. The number of fused-ring (bicyclic) bond motifs is 1. The molecule has 6 nitrogen and oxygen atoms in total. The van der Waals surface area contributed by atoms with Gasteiger partial charge in [-0.1, -0.05) is 49.4 Å². The largest absolute Gasteiger partial charge is 0.503 e. The van der Waals surface area contributed by atoms with E-state index in [2.05, 4.69) is 13.0 Å². The second-order valence-corrected chi connectivity index (χ2v) is 10.2. The summed E-state index contributed by atoms with van der Waals surface area (Å²) in [5.41, 5.74) is 2.67. The summed E-state index contributed by atoms with van der Waals surface area (Å²) in [5, 5.41) is 13.2. The Morgan fingerprint density at radius 1 is 1.14 bits per heavy atom. The Hall–Kier alpha value is -3.49. The second kappa shape index (κ2) is 9.64. The summed E-state index contributed by atoms with van der Waals surface area (Å²) in [6, 6.07) is 16.0. The highest BCUT2D eigenvalue weighted by Crippen LogP contribution is 2.45. The number of aryl methyl sites for hydroxylation is 1. The van der Waals surface area contributed by atoms with E-state index in [4.69, 9.17) is 9.72 Å². The van der Waals surface area contributed by atoms with E-state index in [-0.39, 0.29) is 11.4 Å². The van der Waals surface area contributed by atoms with Crippen molar-refractivity contribution in [1.82, 2.24) is 4.98 Å². The Morgan fingerprint density at radius 3 is 2.74 bits per heavy atom. The number of benzene rings is 2. The third kappa shape index (κ3) is 4.24. The quantitative estimate of drug-likeness (QED) is 0.277. The predicted octanol–water partition coefficient (Wildman–Crippen LogP) is 6.49. The summed E-state index contributed by atoms with van der Waals surface area (Å²) < 4.78 is 6.76. The van der Waals surface area contributed by atoms with Gasteiger partial charge in [-0.25, -0.2) is 4.98 Å². The monoisotopic (exact) mass is 504 g/mol.